The summed E-state index contributed by atoms with van der Waals surface area (Å²) in [7, 11) is 0. The lowest BCUT2D eigenvalue weighted by molar-refractivity contribution is 0.719. The summed E-state index contributed by atoms with van der Waals surface area (Å²) in [4.78, 5) is 19.5. The predicted molar refractivity (Wildman–Crippen MR) is 64.7 cm³/mol. The van der Waals surface area contributed by atoms with Crippen LogP contribution in [0, 0.1) is 0 Å². The third-order valence-electron chi connectivity index (χ3n) is 2.18. The minimum absolute atomic E-state index is 0.163. The average Bonchev–Trinajstić information content (AvgIpc) is 2.35. The molecule has 6 nitrogen and oxygen atoms in total. The van der Waals surface area contributed by atoms with Crippen LogP contribution in [0.25, 0.3) is 0 Å². The van der Waals surface area contributed by atoms with Crippen LogP contribution >= 0.6 is 11.6 Å². The van der Waals surface area contributed by atoms with Crippen molar-refractivity contribution >= 4 is 17.4 Å². The number of hydrogen-bond donors (Lipinski definition) is 2. The van der Waals surface area contributed by atoms with Crippen LogP contribution in [0.3, 0.4) is 0 Å². The number of nitrogen functional groups attached to an aromatic ring is 1. The number of hydrazine groups is 1. The second-order valence-electron chi connectivity index (χ2n) is 3.32. The standard InChI is InChI=1S/C10H10ClN5O/c11-7-1-2-9(15-12)14-8(7)5-16-6-13-4-3-10(16)17/h1-4,6H,5,12H2,(H,14,15). The lowest BCUT2D eigenvalue weighted by atomic mass is 10.3. The molecule has 0 saturated carbocycles. The van der Waals surface area contributed by atoms with Gasteiger partial charge < -0.3 is 5.43 Å². The fraction of sp³-hybridized carbons (Fsp3) is 0.100. The van der Waals surface area contributed by atoms with Gasteiger partial charge in [-0.15, -0.1) is 0 Å². The van der Waals surface area contributed by atoms with Crippen LogP contribution in [-0.4, -0.2) is 14.5 Å². The van der Waals surface area contributed by atoms with Gasteiger partial charge in [0.15, 0.2) is 0 Å². The second kappa shape index (κ2) is 4.94. The van der Waals surface area contributed by atoms with Gasteiger partial charge in [-0.05, 0) is 12.1 Å². The fourth-order valence-electron chi connectivity index (χ4n) is 1.33. The quantitative estimate of drug-likeness (QED) is 0.617. The van der Waals surface area contributed by atoms with E-state index < -0.39 is 0 Å². The summed E-state index contributed by atoms with van der Waals surface area (Å²) in [5.41, 5.74) is 2.81. The Morgan fingerprint density at radius 1 is 1.41 bits per heavy atom. The van der Waals surface area contributed by atoms with Crippen molar-refractivity contribution in [2.75, 3.05) is 5.43 Å². The van der Waals surface area contributed by atoms with Crippen LogP contribution in [0.15, 0.2) is 35.5 Å². The van der Waals surface area contributed by atoms with Gasteiger partial charge in [-0.1, -0.05) is 11.6 Å². The largest absolute Gasteiger partial charge is 0.308 e. The first kappa shape index (κ1) is 11.6. The first-order chi connectivity index (χ1) is 8.20. The Bertz CT molecular complexity index is 583. The molecule has 7 heteroatoms. The molecule has 17 heavy (non-hydrogen) atoms. The minimum Gasteiger partial charge on any atom is -0.308 e. The van der Waals surface area contributed by atoms with Gasteiger partial charge in [0.1, 0.15) is 5.82 Å². The first-order valence-electron chi connectivity index (χ1n) is 4.83. The molecule has 0 unspecified atom stereocenters. The molecule has 0 bridgehead atoms. The molecule has 2 aromatic heterocycles. The number of rotatable bonds is 3. The Kier molecular flexibility index (Phi) is 3.36. The number of nitrogens with zero attached hydrogens (tertiary/aromatic N) is 3. The topological polar surface area (TPSA) is 85.8 Å². The summed E-state index contributed by atoms with van der Waals surface area (Å²) in [5.74, 6) is 5.74. The van der Waals surface area contributed by atoms with Crippen LogP contribution in [0.2, 0.25) is 5.02 Å². The molecular formula is C10H10ClN5O. The third kappa shape index (κ3) is 2.61. The van der Waals surface area contributed by atoms with E-state index in [1.165, 1.54) is 23.2 Å². The Labute approximate surface area is 102 Å². The minimum atomic E-state index is -0.163. The molecular weight excluding hydrogens is 242 g/mol. The van der Waals surface area contributed by atoms with Gasteiger partial charge in [-0.3, -0.25) is 9.36 Å². The Morgan fingerprint density at radius 3 is 2.94 bits per heavy atom. The zero-order valence-electron chi connectivity index (χ0n) is 8.80. The van der Waals surface area contributed by atoms with Crippen LogP contribution < -0.4 is 16.8 Å². The van der Waals surface area contributed by atoms with Gasteiger partial charge in [0, 0.05) is 12.3 Å². The van der Waals surface area contributed by atoms with E-state index in [0.717, 1.165) is 0 Å². The zero-order chi connectivity index (χ0) is 12.3. The van der Waals surface area contributed by atoms with Crippen molar-refractivity contribution in [1.29, 1.82) is 0 Å². The number of halogens is 1. The van der Waals surface area contributed by atoms with E-state index in [2.05, 4.69) is 15.4 Å². The Balaban J connectivity index is 2.36. The molecule has 0 amide bonds. The highest BCUT2D eigenvalue weighted by Gasteiger charge is 2.05. The number of anilines is 1. The maximum atomic E-state index is 11.5. The highest BCUT2D eigenvalue weighted by Crippen LogP contribution is 2.16. The van der Waals surface area contributed by atoms with Gasteiger partial charge in [0.25, 0.3) is 5.56 Å². The summed E-state index contributed by atoms with van der Waals surface area (Å²) in [6.45, 7) is 0.251. The van der Waals surface area contributed by atoms with Gasteiger partial charge in [-0.2, -0.15) is 0 Å². The van der Waals surface area contributed by atoms with Crippen molar-refractivity contribution in [3.05, 3.63) is 51.8 Å². The second-order valence-corrected chi connectivity index (χ2v) is 3.72. The monoisotopic (exact) mass is 251 g/mol. The Hall–Kier alpha value is -1.92. The van der Waals surface area contributed by atoms with E-state index in [0.29, 0.717) is 16.5 Å². The van der Waals surface area contributed by atoms with E-state index in [-0.39, 0.29) is 12.1 Å². The van der Waals surface area contributed by atoms with Crippen molar-refractivity contribution in [3.8, 4) is 0 Å². The van der Waals surface area contributed by atoms with E-state index in [1.54, 1.807) is 12.1 Å². The molecule has 0 atom stereocenters. The number of aromatic nitrogens is 3. The molecule has 0 aliphatic rings. The van der Waals surface area contributed by atoms with E-state index in [1.807, 2.05) is 0 Å². The SMILES string of the molecule is NNc1ccc(Cl)c(Cn2cnccc2=O)n1. The third-order valence-corrected chi connectivity index (χ3v) is 2.52. The van der Waals surface area contributed by atoms with Gasteiger partial charge in [-0.25, -0.2) is 15.8 Å². The highest BCUT2D eigenvalue weighted by molar-refractivity contribution is 6.31. The number of hydrogen-bond acceptors (Lipinski definition) is 5. The van der Waals surface area contributed by atoms with Crippen molar-refractivity contribution in [2.45, 2.75) is 6.54 Å². The lowest BCUT2D eigenvalue weighted by Crippen LogP contribution is -2.20. The molecule has 0 spiro atoms. The Morgan fingerprint density at radius 2 is 2.24 bits per heavy atom. The fourth-order valence-corrected chi connectivity index (χ4v) is 1.50. The summed E-state index contributed by atoms with van der Waals surface area (Å²) < 4.78 is 1.41. The molecule has 2 heterocycles. The maximum absolute atomic E-state index is 11.5. The molecule has 2 aromatic rings. The van der Waals surface area contributed by atoms with Gasteiger partial charge >= 0.3 is 0 Å². The molecule has 0 aliphatic carbocycles. The molecule has 0 aromatic carbocycles. The van der Waals surface area contributed by atoms with Crippen molar-refractivity contribution in [2.24, 2.45) is 5.84 Å². The summed E-state index contributed by atoms with van der Waals surface area (Å²) in [6, 6.07) is 4.69. The number of pyridine rings is 1. The number of nitrogens with two attached hydrogens (primary N) is 1. The lowest BCUT2D eigenvalue weighted by Gasteiger charge is -2.07. The van der Waals surface area contributed by atoms with Crippen molar-refractivity contribution < 1.29 is 0 Å². The van der Waals surface area contributed by atoms with Crippen LogP contribution in [0.4, 0.5) is 5.82 Å². The summed E-state index contributed by atoms with van der Waals surface area (Å²) >= 11 is 5.99. The summed E-state index contributed by atoms with van der Waals surface area (Å²) in [6.07, 6.45) is 2.87. The predicted octanol–water partition coefficient (Wildman–Crippen LogP) is 0.626. The van der Waals surface area contributed by atoms with Crippen LogP contribution in [0.5, 0.6) is 0 Å². The first-order valence-corrected chi connectivity index (χ1v) is 5.21. The molecule has 2 rings (SSSR count). The van der Waals surface area contributed by atoms with E-state index in [9.17, 15) is 4.79 Å². The summed E-state index contributed by atoms with van der Waals surface area (Å²) in [5, 5.41) is 0.472. The molecule has 0 aliphatic heterocycles. The van der Waals surface area contributed by atoms with Crippen molar-refractivity contribution in [3.63, 3.8) is 0 Å². The zero-order valence-corrected chi connectivity index (χ0v) is 9.55. The maximum Gasteiger partial charge on any atom is 0.253 e. The van der Waals surface area contributed by atoms with Gasteiger partial charge in [0.05, 0.1) is 23.6 Å². The highest BCUT2D eigenvalue weighted by atomic mass is 35.5. The molecule has 3 N–H and O–H groups in total. The molecule has 0 radical (unpaired) electrons. The molecule has 0 fully saturated rings. The van der Waals surface area contributed by atoms with E-state index in [4.69, 9.17) is 17.4 Å². The molecule has 0 saturated heterocycles. The van der Waals surface area contributed by atoms with E-state index >= 15 is 0 Å². The van der Waals surface area contributed by atoms with Crippen LogP contribution in [-0.2, 0) is 6.54 Å². The average molecular weight is 252 g/mol. The van der Waals surface area contributed by atoms with Crippen molar-refractivity contribution in [1.82, 2.24) is 14.5 Å². The normalized spacial score (nSPS) is 10.2. The number of nitrogens with one attached hydrogen (secondary N) is 1. The van der Waals surface area contributed by atoms with Gasteiger partial charge in [0.2, 0.25) is 0 Å². The smallest absolute Gasteiger partial charge is 0.253 e. The molecule has 88 valence electrons. The van der Waals surface area contributed by atoms with Crippen LogP contribution in [0.1, 0.15) is 5.69 Å².